The monoisotopic (exact) mass is 406 g/mol. The number of benzene rings is 1. The van der Waals surface area contributed by atoms with E-state index >= 15 is 0 Å². The summed E-state index contributed by atoms with van der Waals surface area (Å²) in [5, 5.41) is 4.45. The zero-order valence-electron chi connectivity index (χ0n) is 18.2. The third-order valence-electron chi connectivity index (χ3n) is 7.91. The highest BCUT2D eigenvalue weighted by molar-refractivity contribution is 5.80. The number of nitrogens with zero attached hydrogens (tertiary/aromatic N) is 4. The number of fused-ring (bicyclic) bond motifs is 1. The van der Waals surface area contributed by atoms with E-state index in [0.29, 0.717) is 17.7 Å². The summed E-state index contributed by atoms with van der Waals surface area (Å²) < 4.78 is 2.11. The first-order chi connectivity index (χ1) is 14.6. The molecule has 2 saturated heterocycles. The van der Waals surface area contributed by atoms with Gasteiger partial charge in [0.2, 0.25) is 5.91 Å². The van der Waals surface area contributed by atoms with Crippen molar-refractivity contribution in [2.45, 2.75) is 45.6 Å². The second-order valence-corrected chi connectivity index (χ2v) is 9.82. The minimum atomic E-state index is 0.244. The van der Waals surface area contributed by atoms with Crippen LogP contribution in [0.15, 0.2) is 42.6 Å². The van der Waals surface area contributed by atoms with Gasteiger partial charge in [0.25, 0.3) is 0 Å². The van der Waals surface area contributed by atoms with Crippen molar-refractivity contribution >= 4 is 5.91 Å². The molecule has 0 N–H and O–H groups in total. The maximum absolute atomic E-state index is 13.0. The van der Waals surface area contributed by atoms with E-state index in [4.69, 9.17) is 0 Å². The Balaban J connectivity index is 1.27. The van der Waals surface area contributed by atoms with Crippen LogP contribution in [0, 0.1) is 24.2 Å². The van der Waals surface area contributed by atoms with E-state index < -0.39 is 0 Å². The standard InChI is InChI=1S/C25H34N4O/c1-20-11-13-26-29(20)15-14-27-16-23-17-28(24(30)22-8-5-9-22)19-25(23,18-27)12-10-21-6-3-2-4-7-21/h2-4,6-7,11,13,22-23H,5,8-10,12,14-19H2,1H3/t23-,25+/m0/s1. The molecule has 1 amide bonds. The van der Waals surface area contributed by atoms with Crippen molar-refractivity contribution in [3.8, 4) is 0 Å². The molecule has 0 spiro atoms. The van der Waals surface area contributed by atoms with Gasteiger partial charge in [0.05, 0.1) is 6.54 Å². The minimum absolute atomic E-state index is 0.244. The Morgan fingerprint density at radius 2 is 1.93 bits per heavy atom. The van der Waals surface area contributed by atoms with Crippen molar-refractivity contribution in [2.75, 3.05) is 32.7 Å². The maximum atomic E-state index is 13.0. The SMILES string of the molecule is Cc1ccnn1CCN1C[C@H]2CN(C(=O)C3CCC3)C[C@@]2(CCc2ccccc2)C1. The Hall–Kier alpha value is -2.14. The third-order valence-corrected chi connectivity index (χ3v) is 7.91. The molecule has 0 bridgehead atoms. The number of carbonyl (C=O) groups excluding carboxylic acids is 1. The molecule has 1 aliphatic carbocycles. The fourth-order valence-corrected chi connectivity index (χ4v) is 5.81. The summed E-state index contributed by atoms with van der Waals surface area (Å²) in [6.45, 7) is 8.26. The predicted octanol–water partition coefficient (Wildman–Crippen LogP) is 3.38. The lowest BCUT2D eigenvalue weighted by molar-refractivity contribution is -0.137. The summed E-state index contributed by atoms with van der Waals surface area (Å²) >= 11 is 0. The predicted molar refractivity (Wildman–Crippen MR) is 118 cm³/mol. The first-order valence-electron chi connectivity index (χ1n) is 11.7. The Labute approximate surface area is 180 Å². The van der Waals surface area contributed by atoms with Crippen molar-refractivity contribution < 1.29 is 4.79 Å². The number of likely N-dealkylation sites (tertiary alicyclic amines) is 2. The number of rotatable bonds is 7. The molecule has 30 heavy (non-hydrogen) atoms. The van der Waals surface area contributed by atoms with Crippen LogP contribution in [-0.4, -0.2) is 58.2 Å². The lowest BCUT2D eigenvalue weighted by Crippen LogP contribution is -2.41. The molecule has 3 heterocycles. The highest BCUT2D eigenvalue weighted by atomic mass is 16.2. The third kappa shape index (κ3) is 3.80. The van der Waals surface area contributed by atoms with E-state index in [9.17, 15) is 4.79 Å². The molecule has 2 aliphatic heterocycles. The Kier molecular flexibility index (Phi) is 5.40. The molecule has 3 fully saturated rings. The summed E-state index contributed by atoms with van der Waals surface area (Å²) in [5.41, 5.74) is 2.89. The number of carbonyl (C=O) groups is 1. The molecule has 5 nitrogen and oxygen atoms in total. The van der Waals surface area contributed by atoms with E-state index in [1.807, 2.05) is 6.20 Å². The van der Waals surface area contributed by atoms with E-state index in [1.165, 1.54) is 24.1 Å². The summed E-state index contributed by atoms with van der Waals surface area (Å²) in [6, 6.07) is 12.9. The van der Waals surface area contributed by atoms with Gasteiger partial charge in [0.15, 0.2) is 0 Å². The first-order valence-corrected chi connectivity index (χ1v) is 11.7. The van der Waals surface area contributed by atoms with Gasteiger partial charge in [0, 0.05) is 55.9 Å². The minimum Gasteiger partial charge on any atom is -0.341 e. The van der Waals surface area contributed by atoms with Crippen LogP contribution < -0.4 is 0 Å². The van der Waals surface area contributed by atoms with Gasteiger partial charge in [-0.1, -0.05) is 36.8 Å². The molecule has 0 unspecified atom stereocenters. The van der Waals surface area contributed by atoms with Gasteiger partial charge in [-0.3, -0.25) is 9.48 Å². The molecular weight excluding hydrogens is 372 g/mol. The summed E-state index contributed by atoms with van der Waals surface area (Å²) in [4.78, 5) is 17.8. The van der Waals surface area contributed by atoms with Crippen LogP contribution in [0.25, 0.3) is 0 Å². The van der Waals surface area contributed by atoms with Gasteiger partial charge in [-0.15, -0.1) is 0 Å². The van der Waals surface area contributed by atoms with Crippen LogP contribution in [0.5, 0.6) is 0 Å². The Morgan fingerprint density at radius 3 is 2.63 bits per heavy atom. The molecule has 0 radical (unpaired) electrons. The normalized spacial score (nSPS) is 26.7. The molecule has 5 heteroatoms. The zero-order valence-corrected chi connectivity index (χ0v) is 18.2. The molecule has 2 aromatic rings. The topological polar surface area (TPSA) is 41.4 Å². The van der Waals surface area contributed by atoms with E-state index in [1.54, 1.807) is 0 Å². The fraction of sp³-hybridized carbons (Fsp3) is 0.600. The highest BCUT2D eigenvalue weighted by Crippen LogP contribution is 2.46. The molecule has 2 atom stereocenters. The van der Waals surface area contributed by atoms with Crippen LogP contribution >= 0.6 is 0 Å². The molecule has 1 aromatic carbocycles. The van der Waals surface area contributed by atoms with E-state index in [-0.39, 0.29) is 5.41 Å². The number of aromatic nitrogens is 2. The second-order valence-electron chi connectivity index (χ2n) is 9.82. The largest absolute Gasteiger partial charge is 0.341 e. The number of aryl methyl sites for hydroxylation is 2. The lowest BCUT2D eigenvalue weighted by Gasteiger charge is -2.33. The van der Waals surface area contributed by atoms with Crippen LogP contribution in [0.1, 0.15) is 36.9 Å². The summed E-state index contributed by atoms with van der Waals surface area (Å²) in [6.07, 6.45) is 7.60. The van der Waals surface area contributed by atoms with Gasteiger partial charge in [0.1, 0.15) is 0 Å². The van der Waals surface area contributed by atoms with Crippen molar-refractivity contribution in [3.63, 3.8) is 0 Å². The smallest absolute Gasteiger partial charge is 0.225 e. The number of hydrogen-bond acceptors (Lipinski definition) is 3. The molecule has 5 rings (SSSR count). The van der Waals surface area contributed by atoms with Crippen molar-refractivity contribution in [1.29, 1.82) is 0 Å². The fourth-order valence-electron chi connectivity index (χ4n) is 5.81. The van der Waals surface area contributed by atoms with Gasteiger partial charge < -0.3 is 9.80 Å². The van der Waals surface area contributed by atoms with Crippen LogP contribution in [-0.2, 0) is 17.8 Å². The average Bonchev–Trinajstić information content (AvgIpc) is 3.36. The second kappa shape index (κ2) is 8.18. The zero-order chi connectivity index (χ0) is 20.6. The maximum Gasteiger partial charge on any atom is 0.225 e. The van der Waals surface area contributed by atoms with Gasteiger partial charge >= 0.3 is 0 Å². The van der Waals surface area contributed by atoms with Crippen molar-refractivity contribution in [3.05, 3.63) is 53.9 Å². The molecule has 1 aromatic heterocycles. The van der Waals surface area contributed by atoms with Crippen molar-refractivity contribution in [2.24, 2.45) is 17.3 Å². The summed E-state index contributed by atoms with van der Waals surface area (Å²) in [5.74, 6) is 1.35. The molecule has 160 valence electrons. The van der Waals surface area contributed by atoms with Gasteiger partial charge in [-0.25, -0.2) is 0 Å². The van der Waals surface area contributed by atoms with Gasteiger partial charge in [-0.2, -0.15) is 5.10 Å². The van der Waals surface area contributed by atoms with E-state index in [2.05, 4.69) is 62.9 Å². The molecular formula is C25H34N4O. The number of hydrogen-bond donors (Lipinski definition) is 0. The highest BCUT2D eigenvalue weighted by Gasteiger charge is 2.53. The number of amides is 1. The van der Waals surface area contributed by atoms with Crippen LogP contribution in [0.2, 0.25) is 0 Å². The summed E-state index contributed by atoms with van der Waals surface area (Å²) in [7, 11) is 0. The molecule has 1 saturated carbocycles. The quantitative estimate of drug-likeness (QED) is 0.708. The lowest BCUT2D eigenvalue weighted by atomic mass is 9.76. The van der Waals surface area contributed by atoms with Crippen LogP contribution in [0.4, 0.5) is 0 Å². The Bertz CT molecular complexity index is 874. The Morgan fingerprint density at radius 1 is 1.10 bits per heavy atom. The van der Waals surface area contributed by atoms with Crippen LogP contribution in [0.3, 0.4) is 0 Å². The van der Waals surface area contributed by atoms with E-state index in [0.717, 1.165) is 58.5 Å². The van der Waals surface area contributed by atoms with Crippen molar-refractivity contribution in [1.82, 2.24) is 19.6 Å². The average molecular weight is 407 g/mol. The molecule has 3 aliphatic rings. The van der Waals surface area contributed by atoms with Gasteiger partial charge in [-0.05, 0) is 50.2 Å². The first kappa shape index (κ1) is 19.8.